The lowest BCUT2D eigenvalue weighted by atomic mass is 10.2. The van der Waals surface area contributed by atoms with Crippen LogP contribution < -0.4 is 20.1 Å². The topological polar surface area (TPSA) is 36.9 Å². The van der Waals surface area contributed by atoms with Gasteiger partial charge in [-0.3, -0.25) is 0 Å². The maximum Gasteiger partial charge on any atom is 0.164 e. The van der Waals surface area contributed by atoms with Crippen molar-refractivity contribution in [2.75, 3.05) is 37.9 Å². The summed E-state index contributed by atoms with van der Waals surface area (Å²) in [7, 11) is -0.433. The fourth-order valence-electron chi connectivity index (χ4n) is 4.80. The lowest BCUT2D eigenvalue weighted by Crippen LogP contribution is -2.35. The first-order chi connectivity index (χ1) is 16.7. The van der Waals surface area contributed by atoms with Gasteiger partial charge in [-0.1, -0.05) is 79.9 Å². The van der Waals surface area contributed by atoms with Gasteiger partial charge in [-0.15, -0.1) is 0 Å². The van der Waals surface area contributed by atoms with Crippen LogP contribution in [0.4, 0.5) is 0 Å². The van der Waals surface area contributed by atoms with Gasteiger partial charge in [0.2, 0.25) is 0 Å². The fraction of sp³-hybridized carbons (Fsp3) is 0.586. The Morgan fingerprint density at radius 3 is 1.40 bits per heavy atom. The van der Waals surface area contributed by atoms with Crippen molar-refractivity contribution in [3.8, 4) is 11.5 Å². The summed E-state index contributed by atoms with van der Waals surface area (Å²) in [5.74, 6) is 1.38. The van der Waals surface area contributed by atoms with Gasteiger partial charge in [0.1, 0.15) is 36.9 Å². The van der Waals surface area contributed by atoms with Crippen LogP contribution in [0.2, 0.25) is 0 Å². The lowest BCUT2D eigenvalue weighted by molar-refractivity contribution is -0.150. The van der Waals surface area contributed by atoms with E-state index in [1.165, 1.54) is 21.7 Å². The summed E-state index contributed by atoms with van der Waals surface area (Å²) >= 11 is 0. The Kier molecular flexibility index (Phi) is 10.4. The predicted octanol–water partition coefficient (Wildman–Crippen LogP) is 6.58. The van der Waals surface area contributed by atoms with E-state index < -0.39 is 5.79 Å². The summed E-state index contributed by atoms with van der Waals surface area (Å²) in [6.45, 7) is 18.2. The molecule has 1 aliphatic heterocycles. The molecule has 2 aromatic rings. The van der Waals surface area contributed by atoms with Crippen molar-refractivity contribution in [3.63, 3.8) is 0 Å². The van der Waals surface area contributed by atoms with Crippen LogP contribution in [0.15, 0.2) is 36.4 Å². The second kappa shape index (κ2) is 12.9. The molecule has 0 amide bonds. The normalized spacial score (nSPS) is 19.5. The van der Waals surface area contributed by atoms with Crippen LogP contribution in [-0.4, -0.2) is 55.9 Å². The van der Waals surface area contributed by atoms with Crippen LogP contribution in [0, 0.1) is 13.8 Å². The molecule has 0 unspecified atom stereocenters. The molecule has 3 rings (SSSR count). The van der Waals surface area contributed by atoms with Gasteiger partial charge in [0.15, 0.2) is 5.79 Å². The minimum Gasteiger partial charge on any atom is -0.490 e. The Morgan fingerprint density at radius 1 is 0.686 bits per heavy atom. The van der Waals surface area contributed by atoms with Crippen molar-refractivity contribution in [2.45, 2.75) is 73.4 Å². The molecule has 0 N–H and O–H groups in total. The zero-order valence-corrected chi connectivity index (χ0v) is 24.7. The van der Waals surface area contributed by atoms with Gasteiger partial charge in [-0.2, -0.15) is 0 Å². The van der Waals surface area contributed by atoms with E-state index in [1.54, 1.807) is 0 Å². The first-order valence-electron chi connectivity index (χ1n) is 13.0. The number of benzene rings is 2. The minimum atomic E-state index is -0.663. The Morgan fingerprint density at radius 2 is 1.06 bits per heavy atom. The van der Waals surface area contributed by atoms with Crippen LogP contribution in [0.1, 0.15) is 52.7 Å². The average Bonchev–Trinajstić information content (AvgIpc) is 3.13. The highest BCUT2D eigenvalue weighted by Crippen LogP contribution is 2.40. The van der Waals surface area contributed by atoms with Crippen LogP contribution in [0.5, 0.6) is 11.5 Å². The molecule has 0 bridgehead atoms. The van der Waals surface area contributed by atoms with Gasteiger partial charge in [0.25, 0.3) is 0 Å². The molecular formula is C29H44O4P2. The molecule has 194 valence electrons. The average molecular weight is 519 g/mol. The van der Waals surface area contributed by atoms with Crippen LogP contribution in [0.25, 0.3) is 0 Å². The Bertz CT molecular complexity index is 878. The first-order valence-corrected chi connectivity index (χ1v) is 16.5. The van der Waals surface area contributed by atoms with Gasteiger partial charge in [0, 0.05) is 10.6 Å². The number of hydrogen-bond acceptors (Lipinski definition) is 4. The molecule has 0 aliphatic carbocycles. The van der Waals surface area contributed by atoms with Gasteiger partial charge >= 0.3 is 0 Å². The second-order valence-corrected chi connectivity index (χ2v) is 15.2. The van der Waals surface area contributed by atoms with Gasteiger partial charge in [0.05, 0.1) is 0 Å². The maximum atomic E-state index is 6.49. The standard InChI is InChI=1S/C29H44O4P2/c1-9-34(10-2)25-17-13-15-21(5)27(25)30-19-23-24(33-29(7,8)32-23)20-31-28-22(6)16-14-18-26(28)35(11-3)12-4/h13-18,23-24H,9-12,19-20H2,1-8H3/t23-,24-/m0/s1. The lowest BCUT2D eigenvalue weighted by Gasteiger charge is -2.24. The predicted molar refractivity (Wildman–Crippen MR) is 152 cm³/mol. The van der Waals surface area contributed by atoms with Crippen molar-refractivity contribution in [1.82, 2.24) is 0 Å². The number of para-hydroxylation sites is 2. The smallest absolute Gasteiger partial charge is 0.164 e. The third-order valence-electron chi connectivity index (χ3n) is 6.66. The molecule has 4 nitrogen and oxygen atoms in total. The molecular weight excluding hydrogens is 474 g/mol. The van der Waals surface area contributed by atoms with E-state index in [-0.39, 0.29) is 28.1 Å². The van der Waals surface area contributed by atoms with Crippen molar-refractivity contribution in [1.29, 1.82) is 0 Å². The highest BCUT2D eigenvalue weighted by molar-refractivity contribution is 7.66. The number of hydrogen-bond donors (Lipinski definition) is 0. The fourth-order valence-corrected chi connectivity index (χ4v) is 8.71. The molecule has 1 aliphatic rings. The molecule has 0 saturated carbocycles. The molecule has 1 saturated heterocycles. The second-order valence-electron chi connectivity index (χ2n) is 9.53. The first kappa shape index (κ1) is 28.4. The van der Waals surface area contributed by atoms with Crippen LogP contribution in [0.3, 0.4) is 0 Å². The van der Waals surface area contributed by atoms with E-state index in [1.807, 2.05) is 13.8 Å². The van der Waals surface area contributed by atoms with Gasteiger partial charge in [-0.05, 0) is 63.5 Å². The maximum absolute atomic E-state index is 6.49. The Balaban J connectivity index is 1.76. The van der Waals surface area contributed by atoms with Crippen molar-refractivity contribution in [2.24, 2.45) is 0 Å². The summed E-state index contributed by atoms with van der Waals surface area (Å²) in [5, 5.41) is 2.71. The number of aryl methyl sites for hydroxylation is 2. The van der Waals surface area contributed by atoms with E-state index in [9.17, 15) is 0 Å². The summed E-state index contributed by atoms with van der Waals surface area (Å²) in [5.41, 5.74) is 2.36. The van der Waals surface area contributed by atoms with Crippen molar-refractivity contribution in [3.05, 3.63) is 47.5 Å². The molecule has 0 radical (unpaired) electrons. The number of ether oxygens (including phenoxy) is 4. The molecule has 0 aromatic heterocycles. The molecule has 6 heteroatoms. The summed E-state index contributed by atoms with van der Waals surface area (Å²) < 4.78 is 25.6. The van der Waals surface area contributed by atoms with Crippen molar-refractivity contribution < 1.29 is 18.9 Å². The van der Waals surface area contributed by atoms with Crippen molar-refractivity contribution >= 4 is 26.5 Å². The Hall–Kier alpha value is -1.18. The largest absolute Gasteiger partial charge is 0.490 e. The highest BCUT2D eigenvalue weighted by Gasteiger charge is 2.42. The van der Waals surface area contributed by atoms with E-state index >= 15 is 0 Å². The molecule has 2 aromatic carbocycles. The molecule has 35 heavy (non-hydrogen) atoms. The molecule has 0 spiro atoms. The molecule has 2 atom stereocenters. The van der Waals surface area contributed by atoms with E-state index in [0.29, 0.717) is 13.2 Å². The molecule has 1 fully saturated rings. The van der Waals surface area contributed by atoms with E-state index in [4.69, 9.17) is 18.9 Å². The SMILES string of the molecule is CCP(CC)c1cccc(C)c1OC[C@@H]1OC(C)(C)O[C@H]1COc1c(C)cccc1P(CC)CC. The summed E-state index contributed by atoms with van der Waals surface area (Å²) in [4.78, 5) is 0. The van der Waals surface area contributed by atoms with E-state index in [2.05, 4.69) is 77.9 Å². The highest BCUT2D eigenvalue weighted by atomic mass is 31.1. The zero-order valence-electron chi connectivity index (χ0n) is 22.9. The monoisotopic (exact) mass is 518 g/mol. The van der Waals surface area contributed by atoms with Crippen LogP contribution >= 0.6 is 15.8 Å². The number of rotatable bonds is 12. The third kappa shape index (κ3) is 6.98. The quantitative estimate of drug-likeness (QED) is 0.298. The Labute approximate surface area is 215 Å². The van der Waals surface area contributed by atoms with E-state index in [0.717, 1.165) is 36.1 Å². The van der Waals surface area contributed by atoms with Gasteiger partial charge in [-0.25, -0.2) is 0 Å². The van der Waals surface area contributed by atoms with Gasteiger partial charge < -0.3 is 18.9 Å². The summed E-state index contributed by atoms with van der Waals surface area (Å²) in [6.07, 6.45) is 4.25. The summed E-state index contributed by atoms with van der Waals surface area (Å²) in [6, 6.07) is 13.0. The third-order valence-corrected chi connectivity index (χ3v) is 11.8. The molecule has 1 heterocycles. The minimum absolute atomic E-state index is 0.196. The van der Waals surface area contributed by atoms with Crippen LogP contribution in [-0.2, 0) is 9.47 Å². The zero-order chi connectivity index (χ0) is 25.6.